The van der Waals surface area contributed by atoms with Crippen molar-refractivity contribution >= 4 is 93.3 Å². The Morgan fingerprint density at radius 2 is 0.920 bits per heavy atom. The van der Waals surface area contributed by atoms with Crippen molar-refractivity contribution in [1.29, 1.82) is 0 Å². The first-order valence-electron chi connectivity index (χ1n) is 23.9. The number of methoxy groups -OCH3 is 7. The summed E-state index contributed by atoms with van der Waals surface area (Å²) < 4.78 is 51.6. The highest BCUT2D eigenvalue weighted by Gasteiger charge is 2.32. The second-order valence-corrected chi connectivity index (χ2v) is 14.6. The zero-order valence-corrected chi connectivity index (χ0v) is 52.8. The predicted octanol–water partition coefficient (Wildman–Crippen LogP) is 10.2. The van der Waals surface area contributed by atoms with E-state index in [2.05, 4.69) is 54.8 Å². The summed E-state index contributed by atoms with van der Waals surface area (Å²) in [5, 5.41) is 9.40. The molecule has 0 spiro atoms. The maximum Gasteiger partial charge on any atom is 0.420 e. The van der Waals surface area contributed by atoms with Crippen LogP contribution in [-0.2, 0) is 52.8 Å². The highest BCUT2D eigenvalue weighted by atomic mass is 35.6. The number of benzene rings is 1. The first-order chi connectivity index (χ1) is 35.3. The Hall–Kier alpha value is -5.24. The molecule has 1 saturated carbocycles. The lowest BCUT2D eigenvalue weighted by Gasteiger charge is -2.08. The number of rotatable bonds is 8. The Labute approximate surface area is 466 Å². The molecule has 1 aliphatic carbocycles. The lowest BCUT2D eigenvalue weighted by molar-refractivity contribution is -0.138. The number of nitrogens with zero attached hydrogens (tertiary/aromatic N) is 1. The molecule has 28 heteroatoms. The second-order valence-electron chi connectivity index (χ2n) is 10.6. The molecule has 1 aromatic rings. The summed E-state index contributed by atoms with van der Waals surface area (Å²) in [4.78, 5) is 83.6. The van der Waals surface area contributed by atoms with Crippen molar-refractivity contribution in [3.63, 3.8) is 0 Å². The number of imide groups is 1. The monoisotopic (exact) mass is 1170 g/mol. The van der Waals surface area contributed by atoms with Gasteiger partial charge in [-0.05, 0) is 45.5 Å². The quantitative estimate of drug-likeness (QED) is 0.0800. The molecular weight excluding hydrogens is 1070 g/mol. The Morgan fingerprint density at radius 3 is 1.17 bits per heavy atom. The molecule has 1 fully saturated rings. The number of esters is 1. The molecule has 1 aromatic carbocycles. The number of alkyl halides is 3. The molecule has 24 nitrogen and oxygen atoms in total. The van der Waals surface area contributed by atoms with Crippen LogP contribution in [0.15, 0.2) is 35.2 Å². The molecule has 7 N–H and O–H groups in total. The summed E-state index contributed by atoms with van der Waals surface area (Å²) in [7, 11) is 8.92. The molecule has 0 radical (unpaired) electrons. The summed E-state index contributed by atoms with van der Waals surface area (Å²) in [6.07, 6.45) is -0.611. The van der Waals surface area contributed by atoms with Crippen LogP contribution in [0.1, 0.15) is 130 Å². The number of nitrogens with one attached hydrogen (secondary N) is 5. The Balaban J connectivity index is -0.0000000604. The third-order valence-electron chi connectivity index (χ3n) is 5.41. The molecule has 1 aliphatic rings. The fourth-order valence-electron chi connectivity index (χ4n) is 2.23. The molecule has 7 amide bonds. The van der Waals surface area contributed by atoms with E-state index in [-0.39, 0.29) is 29.1 Å². The van der Waals surface area contributed by atoms with Crippen LogP contribution in [-0.4, -0.2) is 155 Å². The number of likely N-dealkylation sites (N-methyl/N-ethyl adjacent to an activating group) is 1. The van der Waals surface area contributed by atoms with Crippen molar-refractivity contribution in [1.82, 2.24) is 30.9 Å². The topological polar surface area (TPSA) is 325 Å². The number of halogens is 3. The molecule has 75 heavy (non-hydrogen) atoms. The third-order valence-corrected chi connectivity index (χ3v) is 7.25. The largest absolute Gasteiger partial charge is 0.469 e. The highest BCUT2D eigenvalue weighted by Crippen LogP contribution is 2.25. The van der Waals surface area contributed by atoms with Gasteiger partial charge in [0.25, 0.3) is 19.7 Å². The van der Waals surface area contributed by atoms with E-state index >= 15 is 0 Å². The number of nitrogens with two attached hydrogens (primary N) is 1. The van der Waals surface area contributed by atoms with E-state index in [1.54, 1.807) is 28.2 Å². The van der Waals surface area contributed by atoms with E-state index in [0.717, 1.165) is 40.0 Å². The van der Waals surface area contributed by atoms with Crippen molar-refractivity contribution in [2.45, 2.75) is 145 Å². The average molecular weight is 1170 g/mol. The van der Waals surface area contributed by atoms with Gasteiger partial charge in [-0.1, -0.05) is 157 Å². The van der Waals surface area contributed by atoms with Gasteiger partial charge in [-0.15, -0.1) is 0 Å². The Kier molecular flexibility index (Phi) is 106. The molecule has 0 aliphatic heterocycles. The van der Waals surface area contributed by atoms with Gasteiger partial charge in [-0.3, -0.25) is 14.9 Å². The van der Waals surface area contributed by atoms with Gasteiger partial charge in [0.05, 0.1) is 54.7 Å². The van der Waals surface area contributed by atoms with Gasteiger partial charge in [0.2, 0.25) is 0 Å². The summed E-state index contributed by atoms with van der Waals surface area (Å²) in [5.74, 6) is -1.29. The minimum atomic E-state index is -3.80. The maximum absolute atomic E-state index is 11.4. The van der Waals surface area contributed by atoms with Crippen LogP contribution in [0.5, 0.6) is 0 Å². The first kappa shape index (κ1) is 98.9. The average Bonchev–Trinajstić information content (AvgIpc) is 4.26. The van der Waals surface area contributed by atoms with Gasteiger partial charge in [0.1, 0.15) is 0 Å². The number of alkyl carbamates (subject to hydrolysis) is 4. The maximum atomic E-state index is 11.4. The third kappa shape index (κ3) is 102. The number of hydrogen-bond donors (Lipinski definition) is 6. The van der Waals surface area contributed by atoms with E-state index < -0.39 is 38.0 Å². The molecule has 452 valence electrons. The van der Waals surface area contributed by atoms with Gasteiger partial charge in [-0.2, -0.15) is 0 Å². The molecule has 0 heterocycles. The number of ether oxygens (including phenoxy) is 7. The summed E-state index contributed by atoms with van der Waals surface area (Å²) in [6, 6.07) is 7.97. The smallest absolute Gasteiger partial charge is 0.420 e. The van der Waals surface area contributed by atoms with Crippen molar-refractivity contribution in [2.24, 2.45) is 5.73 Å². The van der Waals surface area contributed by atoms with Crippen LogP contribution in [0.4, 0.5) is 28.8 Å². The number of carbonyl (C=O) groups is 8. The lowest BCUT2D eigenvalue weighted by Crippen LogP contribution is -2.38. The molecule has 0 bridgehead atoms. The van der Waals surface area contributed by atoms with Crippen molar-refractivity contribution in [3.8, 4) is 0 Å². The molecule has 0 unspecified atom stereocenters. The van der Waals surface area contributed by atoms with E-state index in [4.69, 9.17) is 34.8 Å². The summed E-state index contributed by atoms with van der Waals surface area (Å²) in [6.45, 7) is 33.5. The van der Waals surface area contributed by atoms with E-state index in [9.17, 15) is 46.8 Å². The van der Waals surface area contributed by atoms with E-state index in [1.807, 2.05) is 123 Å². The van der Waals surface area contributed by atoms with Crippen LogP contribution in [0.25, 0.3) is 0 Å². The van der Waals surface area contributed by atoms with Crippen LogP contribution in [0, 0.1) is 0 Å². The molecular formula is C47H100Cl3N7O17S. The Bertz CT molecular complexity index is 1520. The van der Waals surface area contributed by atoms with Crippen LogP contribution >= 0.6 is 34.8 Å². The van der Waals surface area contributed by atoms with Crippen LogP contribution < -0.4 is 31.7 Å². The number of hydrogen-bond acceptors (Lipinski definition) is 18. The molecule has 2 rings (SSSR count). The number of sulfonamides is 1. The number of carbonyl (C=O) groups excluding carboxylic acids is 8. The van der Waals surface area contributed by atoms with E-state index in [0.29, 0.717) is 19.1 Å². The fraction of sp³-hybridized carbons (Fsp3) is 0.702. The predicted molar refractivity (Wildman–Crippen MR) is 302 cm³/mol. The van der Waals surface area contributed by atoms with Gasteiger partial charge in [0.15, 0.2) is 0 Å². The molecule has 0 aromatic heterocycles. The van der Waals surface area contributed by atoms with Gasteiger partial charge < -0.3 is 59.7 Å². The summed E-state index contributed by atoms with van der Waals surface area (Å²) >= 11 is 15.3. The Morgan fingerprint density at radius 1 is 0.587 bits per heavy atom. The number of primary amides is 1. The standard InChI is InChI=1S/C8H9NO4S.C6H14N2O2.C5H9NO2.C5H11NO2.C4H4Cl3NO3.C3H6O2.C2H5NO2.7C2H6/c1-13-8(10)9-14(11,12)7-5-3-2-4-6-7;1-8(2)5-4-7-6(9)10-3;1-8-5(7)6-4-2-3-4;1-3-4-6-5(7)8-2;1-11-3(10)8-2(9)4(5,6)7;1-3(4)5-2;1-5-2(3)4;7*1-2/h2-6H,1H3,(H,9,10);4-5H2,1-3H3,(H,7,9);4H,2-3H2,1H3,(H,6,7);3-4H2,1-2H3,(H,6,7);1H3,(H,8,9,10);1-2H3;1H3,(H2,3,4);7*1-2H3. The highest BCUT2D eigenvalue weighted by molar-refractivity contribution is 7.90. The van der Waals surface area contributed by atoms with Crippen LogP contribution in [0.3, 0.4) is 0 Å². The van der Waals surface area contributed by atoms with Crippen molar-refractivity contribution in [2.75, 3.05) is 83.5 Å². The second kappa shape index (κ2) is 80.2. The minimum absolute atomic E-state index is 0.0189. The van der Waals surface area contributed by atoms with Gasteiger partial charge >= 0.3 is 42.5 Å². The SMILES string of the molecule is CC.CC.CC.CC.CC.CC.CC.CCCNC(=O)OC.COC(=O)NC(=O)C(Cl)(Cl)Cl.COC(=O)NC1CC1.COC(=O)NCCN(C)C.COC(=O)NS(=O)(=O)c1ccccc1.COC(C)=O.COC(N)=O. The van der Waals surface area contributed by atoms with Crippen molar-refractivity contribution < 1.29 is 79.9 Å². The van der Waals surface area contributed by atoms with Crippen molar-refractivity contribution in [3.05, 3.63) is 30.3 Å². The zero-order valence-electron chi connectivity index (χ0n) is 49.7. The zero-order chi connectivity index (χ0) is 62.6. The van der Waals surface area contributed by atoms with E-state index in [1.165, 1.54) is 54.6 Å². The number of amides is 7. The minimum Gasteiger partial charge on any atom is -0.469 e. The molecule has 0 atom stereocenters. The summed E-state index contributed by atoms with van der Waals surface area (Å²) in [5.41, 5.74) is 4.43. The van der Waals surface area contributed by atoms with Gasteiger partial charge in [-0.25, -0.2) is 41.9 Å². The van der Waals surface area contributed by atoms with Crippen LogP contribution in [0.2, 0.25) is 0 Å². The first-order valence-corrected chi connectivity index (χ1v) is 26.5. The fourth-order valence-corrected chi connectivity index (χ4v) is 3.31. The normalized spacial score (nSPS) is 9.03. The van der Waals surface area contributed by atoms with Gasteiger partial charge in [0, 0.05) is 32.6 Å². The lowest BCUT2D eigenvalue weighted by atomic mass is 10.4. The molecule has 0 saturated heterocycles.